The van der Waals surface area contributed by atoms with Crippen molar-refractivity contribution in [2.45, 2.75) is 58.4 Å². The number of hydrogen-bond acceptors (Lipinski definition) is 4. The summed E-state index contributed by atoms with van der Waals surface area (Å²) >= 11 is 0. The molecular weight excluding hydrogens is 502 g/mol. The topological polar surface area (TPSA) is 36.3 Å². The van der Waals surface area contributed by atoms with Crippen molar-refractivity contribution >= 4 is 5.69 Å². The van der Waals surface area contributed by atoms with Gasteiger partial charge in [-0.05, 0) is 73.6 Å². The van der Waals surface area contributed by atoms with Crippen LogP contribution in [0.1, 0.15) is 60.4 Å². The summed E-state index contributed by atoms with van der Waals surface area (Å²) in [7, 11) is 0. The van der Waals surface area contributed by atoms with Crippen LogP contribution in [0.15, 0.2) is 78.9 Å². The van der Waals surface area contributed by atoms with Crippen molar-refractivity contribution in [2.24, 2.45) is 0 Å². The van der Waals surface area contributed by atoms with Crippen LogP contribution >= 0.6 is 0 Å². The zero-order valence-corrected chi connectivity index (χ0v) is 24.9. The van der Waals surface area contributed by atoms with Gasteiger partial charge in [0, 0.05) is 57.1 Å². The van der Waals surface area contributed by atoms with Crippen molar-refractivity contribution in [1.82, 2.24) is 20.0 Å². The number of rotatable bonds is 9. The van der Waals surface area contributed by atoms with E-state index in [2.05, 4.69) is 113 Å². The quantitative estimate of drug-likeness (QED) is 0.227. The molecule has 0 atom stereocenters. The Morgan fingerprint density at radius 3 is 2.32 bits per heavy atom. The number of aryl methyl sites for hydroxylation is 1. The second-order valence-corrected chi connectivity index (χ2v) is 11.9. The minimum Gasteiger partial charge on any atom is -0.369 e. The van der Waals surface area contributed by atoms with Gasteiger partial charge in [-0.25, -0.2) is 4.68 Å². The molecule has 1 saturated heterocycles. The average molecular weight is 548 g/mol. The van der Waals surface area contributed by atoms with Gasteiger partial charge in [0.05, 0.1) is 17.1 Å². The number of hydrogen-bond donors (Lipinski definition) is 1. The van der Waals surface area contributed by atoms with Crippen molar-refractivity contribution in [3.05, 3.63) is 101 Å². The standard InChI is InChI=1S/C36H45N5/c1-28-10-9-15-35(29(28)2)40-24-22-39(23-25-40)21-20-37-27-33-26-36(41(38-33)34-13-7-4-8-14-34)32-18-16-31(17-19-32)30-11-5-3-6-12-30/h4,7-10,13-19,26,30,37H,3,5-6,11-12,20-25,27H2,1-2H3. The van der Waals surface area contributed by atoms with E-state index in [-0.39, 0.29) is 0 Å². The molecule has 2 aliphatic rings. The summed E-state index contributed by atoms with van der Waals surface area (Å²) < 4.78 is 2.11. The molecule has 0 unspecified atom stereocenters. The molecule has 0 bridgehead atoms. The van der Waals surface area contributed by atoms with Crippen LogP contribution in [-0.2, 0) is 6.54 Å². The first kappa shape index (κ1) is 27.7. The lowest BCUT2D eigenvalue weighted by Crippen LogP contribution is -2.48. The van der Waals surface area contributed by atoms with Crippen LogP contribution < -0.4 is 10.2 Å². The van der Waals surface area contributed by atoms with Gasteiger partial charge in [-0.15, -0.1) is 0 Å². The van der Waals surface area contributed by atoms with Crippen LogP contribution in [-0.4, -0.2) is 53.9 Å². The fraction of sp³-hybridized carbons (Fsp3) is 0.417. The highest BCUT2D eigenvalue weighted by Crippen LogP contribution is 2.34. The second-order valence-electron chi connectivity index (χ2n) is 11.9. The van der Waals surface area contributed by atoms with Gasteiger partial charge in [-0.2, -0.15) is 5.10 Å². The monoisotopic (exact) mass is 547 g/mol. The summed E-state index contributed by atoms with van der Waals surface area (Å²) in [5.74, 6) is 0.728. The number of benzene rings is 3. The molecule has 2 fully saturated rings. The van der Waals surface area contributed by atoms with E-state index in [1.807, 2.05) is 0 Å². The molecule has 2 heterocycles. The minimum absolute atomic E-state index is 0.728. The Morgan fingerprint density at radius 1 is 0.805 bits per heavy atom. The summed E-state index contributed by atoms with van der Waals surface area (Å²) in [6.45, 7) is 11.7. The predicted octanol–water partition coefficient (Wildman–Crippen LogP) is 7.12. The Bertz CT molecular complexity index is 1390. The Balaban J connectivity index is 1.06. The molecular formula is C36H45N5. The third-order valence-corrected chi connectivity index (χ3v) is 9.24. The summed E-state index contributed by atoms with van der Waals surface area (Å²) in [4.78, 5) is 5.13. The summed E-state index contributed by atoms with van der Waals surface area (Å²) in [6.07, 6.45) is 6.80. The third-order valence-electron chi connectivity index (χ3n) is 9.24. The van der Waals surface area contributed by atoms with Crippen molar-refractivity contribution < 1.29 is 0 Å². The minimum atomic E-state index is 0.728. The van der Waals surface area contributed by atoms with Gasteiger partial charge in [0.2, 0.25) is 0 Å². The molecule has 0 spiro atoms. The largest absolute Gasteiger partial charge is 0.369 e. The van der Waals surface area contributed by atoms with Crippen LogP contribution in [0.25, 0.3) is 16.9 Å². The highest BCUT2D eigenvalue weighted by atomic mass is 15.3. The van der Waals surface area contributed by atoms with E-state index in [4.69, 9.17) is 5.10 Å². The Morgan fingerprint density at radius 2 is 1.56 bits per heavy atom. The maximum absolute atomic E-state index is 5.05. The van der Waals surface area contributed by atoms with Crippen LogP contribution in [0.5, 0.6) is 0 Å². The van der Waals surface area contributed by atoms with E-state index in [0.717, 1.165) is 68.8 Å². The van der Waals surface area contributed by atoms with Crippen LogP contribution in [0.3, 0.4) is 0 Å². The van der Waals surface area contributed by atoms with Gasteiger partial charge >= 0.3 is 0 Å². The van der Waals surface area contributed by atoms with Crippen LogP contribution in [0, 0.1) is 13.8 Å². The lowest BCUT2D eigenvalue weighted by Gasteiger charge is -2.37. The van der Waals surface area contributed by atoms with Gasteiger partial charge in [0.25, 0.3) is 0 Å². The molecule has 5 nitrogen and oxygen atoms in total. The fourth-order valence-electron chi connectivity index (χ4n) is 6.59. The zero-order valence-electron chi connectivity index (χ0n) is 24.9. The molecule has 214 valence electrons. The smallest absolute Gasteiger partial charge is 0.0773 e. The second kappa shape index (κ2) is 13.1. The lowest BCUT2D eigenvalue weighted by atomic mass is 9.84. The van der Waals surface area contributed by atoms with Crippen molar-refractivity contribution in [3.8, 4) is 16.9 Å². The Labute approximate surface area is 246 Å². The van der Waals surface area contributed by atoms with Crippen molar-refractivity contribution in [2.75, 3.05) is 44.2 Å². The van der Waals surface area contributed by atoms with E-state index in [9.17, 15) is 0 Å². The van der Waals surface area contributed by atoms with E-state index in [1.165, 1.54) is 60.0 Å². The van der Waals surface area contributed by atoms with E-state index in [1.54, 1.807) is 0 Å². The molecule has 0 amide bonds. The van der Waals surface area contributed by atoms with Gasteiger partial charge in [0.15, 0.2) is 0 Å². The van der Waals surface area contributed by atoms with E-state index < -0.39 is 0 Å². The molecule has 1 N–H and O–H groups in total. The molecule has 6 rings (SSSR count). The first-order valence-electron chi connectivity index (χ1n) is 15.6. The highest BCUT2D eigenvalue weighted by Gasteiger charge is 2.19. The van der Waals surface area contributed by atoms with Crippen molar-refractivity contribution in [3.63, 3.8) is 0 Å². The van der Waals surface area contributed by atoms with Crippen LogP contribution in [0.4, 0.5) is 5.69 Å². The van der Waals surface area contributed by atoms with E-state index >= 15 is 0 Å². The highest BCUT2D eigenvalue weighted by molar-refractivity contribution is 5.63. The third kappa shape index (κ3) is 6.58. The van der Waals surface area contributed by atoms with Gasteiger partial charge < -0.3 is 10.2 Å². The SMILES string of the molecule is Cc1cccc(N2CCN(CCNCc3cc(-c4ccc(C5CCCCC5)cc4)n(-c4ccccc4)n3)CC2)c1C. The number of anilines is 1. The molecule has 0 radical (unpaired) electrons. The molecule has 3 aromatic carbocycles. The maximum atomic E-state index is 5.05. The van der Waals surface area contributed by atoms with Crippen LogP contribution in [0.2, 0.25) is 0 Å². The Kier molecular flexibility index (Phi) is 8.83. The summed E-state index contributed by atoms with van der Waals surface area (Å²) in [6, 6.07) is 28.8. The number of piperazine rings is 1. The molecule has 1 aliphatic carbocycles. The first-order valence-corrected chi connectivity index (χ1v) is 15.6. The predicted molar refractivity (Wildman–Crippen MR) is 171 cm³/mol. The average Bonchev–Trinajstić information content (AvgIpc) is 3.46. The zero-order chi connectivity index (χ0) is 28.0. The number of nitrogens with one attached hydrogen (secondary N) is 1. The molecule has 5 heteroatoms. The van der Waals surface area contributed by atoms with Gasteiger partial charge in [-0.3, -0.25) is 4.90 Å². The van der Waals surface area contributed by atoms with Gasteiger partial charge in [0.1, 0.15) is 0 Å². The number of nitrogens with zero attached hydrogens (tertiary/aromatic N) is 4. The molecule has 41 heavy (non-hydrogen) atoms. The van der Waals surface area contributed by atoms with E-state index in [0.29, 0.717) is 0 Å². The van der Waals surface area contributed by atoms with Crippen molar-refractivity contribution in [1.29, 1.82) is 0 Å². The molecule has 1 saturated carbocycles. The molecule has 4 aromatic rings. The number of para-hydroxylation sites is 1. The molecule has 1 aromatic heterocycles. The lowest BCUT2D eigenvalue weighted by molar-refractivity contribution is 0.257. The first-order chi connectivity index (χ1) is 20.2. The molecule has 1 aliphatic heterocycles. The Hall–Kier alpha value is -3.41. The number of aromatic nitrogens is 2. The fourth-order valence-corrected chi connectivity index (χ4v) is 6.59. The normalized spacial score (nSPS) is 16.8. The van der Waals surface area contributed by atoms with Gasteiger partial charge in [-0.1, -0.05) is 73.9 Å². The maximum Gasteiger partial charge on any atom is 0.0773 e. The summed E-state index contributed by atoms with van der Waals surface area (Å²) in [5.41, 5.74) is 10.3. The summed E-state index contributed by atoms with van der Waals surface area (Å²) in [5, 5.41) is 8.72.